The lowest BCUT2D eigenvalue weighted by atomic mass is 9.95. The quantitative estimate of drug-likeness (QED) is 0.804. The van der Waals surface area contributed by atoms with Crippen molar-refractivity contribution in [3.63, 3.8) is 0 Å². The van der Waals surface area contributed by atoms with E-state index in [1.54, 1.807) is 0 Å². The van der Waals surface area contributed by atoms with E-state index in [2.05, 4.69) is 35.3 Å². The van der Waals surface area contributed by atoms with Gasteiger partial charge in [-0.1, -0.05) is 43.0 Å². The highest BCUT2D eigenvalue weighted by Crippen LogP contribution is 2.22. The van der Waals surface area contributed by atoms with Gasteiger partial charge in [0.1, 0.15) is 0 Å². The molecule has 3 nitrogen and oxygen atoms in total. The second-order valence-corrected chi connectivity index (χ2v) is 4.62. The number of hydrazone groups is 1. The maximum Gasteiger partial charge on any atom is 0.0729 e. The number of rotatable bonds is 2. The Balaban J connectivity index is 1.96. The molecule has 0 saturated carbocycles. The van der Waals surface area contributed by atoms with Gasteiger partial charge in [-0.05, 0) is 17.7 Å². The number of nitrogen functional groups attached to an aromatic ring is 1. The van der Waals surface area contributed by atoms with Crippen molar-refractivity contribution >= 4 is 17.1 Å². The van der Waals surface area contributed by atoms with Crippen molar-refractivity contribution in [3.05, 3.63) is 71.8 Å². The van der Waals surface area contributed by atoms with Crippen LogP contribution in [0.2, 0.25) is 0 Å². The molecule has 0 bridgehead atoms. The number of hydrogen-bond donors (Lipinski definition) is 2. The van der Waals surface area contributed by atoms with Gasteiger partial charge in [0.2, 0.25) is 0 Å². The summed E-state index contributed by atoms with van der Waals surface area (Å²) in [4.78, 5) is 0. The van der Waals surface area contributed by atoms with Crippen LogP contribution in [-0.2, 0) is 6.42 Å². The summed E-state index contributed by atoms with van der Waals surface area (Å²) in [5, 5.41) is 4.40. The molecule has 1 heterocycles. The van der Waals surface area contributed by atoms with Crippen molar-refractivity contribution in [1.29, 1.82) is 0 Å². The lowest BCUT2D eigenvalue weighted by Gasteiger charge is -2.19. The van der Waals surface area contributed by atoms with Crippen molar-refractivity contribution in [2.45, 2.75) is 6.42 Å². The minimum absolute atomic E-state index is 0.752. The molecule has 1 aliphatic heterocycles. The van der Waals surface area contributed by atoms with Crippen LogP contribution in [-0.4, -0.2) is 5.71 Å². The van der Waals surface area contributed by atoms with Crippen molar-refractivity contribution in [2.75, 3.05) is 5.73 Å². The lowest BCUT2D eigenvalue weighted by Crippen LogP contribution is -2.20. The Kier molecular flexibility index (Phi) is 2.80. The molecule has 19 heavy (non-hydrogen) atoms. The van der Waals surface area contributed by atoms with Gasteiger partial charge in [-0.15, -0.1) is 0 Å². The molecule has 2 aromatic rings. The van der Waals surface area contributed by atoms with Crippen LogP contribution >= 0.6 is 0 Å². The molecule has 0 aliphatic carbocycles. The fourth-order valence-corrected chi connectivity index (χ4v) is 2.28. The fraction of sp³-hybridized carbons (Fsp3) is 0.0625. The van der Waals surface area contributed by atoms with E-state index in [4.69, 9.17) is 5.73 Å². The van der Waals surface area contributed by atoms with Crippen LogP contribution in [0.15, 0.2) is 60.2 Å². The molecule has 0 spiro atoms. The van der Waals surface area contributed by atoms with Gasteiger partial charge in [0.05, 0.1) is 11.4 Å². The Morgan fingerprint density at radius 1 is 1.05 bits per heavy atom. The van der Waals surface area contributed by atoms with E-state index in [1.807, 2.05) is 30.3 Å². The number of anilines is 1. The lowest BCUT2D eigenvalue weighted by molar-refractivity contribution is 0.965. The van der Waals surface area contributed by atoms with E-state index in [-0.39, 0.29) is 0 Å². The van der Waals surface area contributed by atoms with E-state index < -0.39 is 0 Å². The van der Waals surface area contributed by atoms with Gasteiger partial charge in [-0.2, -0.15) is 5.10 Å². The minimum atomic E-state index is 0.752. The van der Waals surface area contributed by atoms with E-state index in [0.29, 0.717) is 0 Å². The Labute approximate surface area is 112 Å². The zero-order chi connectivity index (χ0) is 13.2. The number of hydrogen-bond acceptors (Lipinski definition) is 3. The first-order chi connectivity index (χ1) is 9.24. The third kappa shape index (κ3) is 2.22. The van der Waals surface area contributed by atoms with Crippen LogP contribution in [0.5, 0.6) is 0 Å². The molecule has 0 aromatic heterocycles. The Morgan fingerprint density at radius 3 is 2.63 bits per heavy atom. The van der Waals surface area contributed by atoms with Crippen molar-refractivity contribution < 1.29 is 0 Å². The van der Waals surface area contributed by atoms with Crippen molar-refractivity contribution in [2.24, 2.45) is 5.10 Å². The highest BCUT2D eigenvalue weighted by atomic mass is 15.3. The standard InChI is InChI=1S/C16H15N3/c1-11-14-7-2-3-8-15(14)16(19-18-11)10-12-5-4-6-13(17)9-12/h2-9,18H,1,10,17H2. The van der Waals surface area contributed by atoms with E-state index in [0.717, 1.165) is 40.2 Å². The van der Waals surface area contributed by atoms with E-state index in [1.165, 1.54) is 0 Å². The summed E-state index contributed by atoms with van der Waals surface area (Å²) in [6.45, 7) is 3.97. The maximum absolute atomic E-state index is 5.81. The first kappa shape index (κ1) is 11.5. The third-order valence-electron chi connectivity index (χ3n) is 3.21. The van der Waals surface area contributed by atoms with Gasteiger partial charge in [0.25, 0.3) is 0 Å². The summed E-state index contributed by atoms with van der Waals surface area (Å²) in [5.41, 5.74) is 14.8. The first-order valence-corrected chi connectivity index (χ1v) is 6.20. The monoisotopic (exact) mass is 249 g/mol. The van der Waals surface area contributed by atoms with Gasteiger partial charge < -0.3 is 5.73 Å². The average Bonchev–Trinajstić information content (AvgIpc) is 2.42. The predicted molar refractivity (Wildman–Crippen MR) is 79.7 cm³/mol. The second kappa shape index (κ2) is 4.61. The number of nitrogens with two attached hydrogens (primary N) is 1. The van der Waals surface area contributed by atoms with Crippen LogP contribution < -0.4 is 11.2 Å². The molecular formula is C16H15N3. The van der Waals surface area contributed by atoms with Crippen LogP contribution in [0.1, 0.15) is 16.7 Å². The molecule has 2 aromatic carbocycles. The van der Waals surface area contributed by atoms with Gasteiger partial charge in [-0.25, -0.2) is 0 Å². The summed E-state index contributed by atoms with van der Waals surface area (Å²) in [5.74, 6) is 0. The summed E-state index contributed by atoms with van der Waals surface area (Å²) in [7, 11) is 0. The number of nitrogens with one attached hydrogen (secondary N) is 1. The molecule has 3 rings (SSSR count). The summed E-state index contributed by atoms with van der Waals surface area (Å²) in [6.07, 6.45) is 0.752. The molecule has 0 saturated heterocycles. The second-order valence-electron chi connectivity index (χ2n) is 4.62. The molecule has 94 valence electrons. The van der Waals surface area contributed by atoms with Gasteiger partial charge in [0, 0.05) is 23.2 Å². The van der Waals surface area contributed by atoms with E-state index >= 15 is 0 Å². The molecule has 3 heteroatoms. The van der Waals surface area contributed by atoms with Gasteiger partial charge >= 0.3 is 0 Å². The van der Waals surface area contributed by atoms with Crippen LogP contribution in [0.3, 0.4) is 0 Å². The molecule has 0 amide bonds. The number of benzene rings is 2. The summed E-state index contributed by atoms with van der Waals surface area (Å²) in [6, 6.07) is 16.1. The molecule has 3 N–H and O–H groups in total. The average molecular weight is 249 g/mol. The molecule has 1 aliphatic rings. The zero-order valence-electron chi connectivity index (χ0n) is 10.6. The Bertz CT molecular complexity index is 671. The van der Waals surface area contributed by atoms with Gasteiger partial charge in [0.15, 0.2) is 0 Å². The SMILES string of the molecule is C=C1NN=C(Cc2cccc(N)c2)c2ccccc21. The number of nitrogens with zero attached hydrogens (tertiary/aromatic N) is 1. The van der Waals surface area contributed by atoms with Crippen LogP contribution in [0, 0.1) is 0 Å². The largest absolute Gasteiger partial charge is 0.399 e. The predicted octanol–water partition coefficient (Wildman–Crippen LogP) is 2.79. The molecule has 0 fully saturated rings. The summed E-state index contributed by atoms with van der Waals surface area (Å²) < 4.78 is 0. The molecule has 0 unspecified atom stereocenters. The molecule has 0 atom stereocenters. The zero-order valence-corrected chi connectivity index (χ0v) is 10.6. The smallest absolute Gasteiger partial charge is 0.0729 e. The van der Waals surface area contributed by atoms with Crippen LogP contribution in [0.4, 0.5) is 5.69 Å². The van der Waals surface area contributed by atoms with E-state index in [9.17, 15) is 0 Å². The third-order valence-corrected chi connectivity index (χ3v) is 3.21. The van der Waals surface area contributed by atoms with Crippen LogP contribution in [0.25, 0.3) is 5.70 Å². The minimum Gasteiger partial charge on any atom is -0.399 e. The van der Waals surface area contributed by atoms with Crippen molar-refractivity contribution in [3.8, 4) is 0 Å². The van der Waals surface area contributed by atoms with Crippen molar-refractivity contribution in [1.82, 2.24) is 5.43 Å². The molecular weight excluding hydrogens is 234 g/mol. The Morgan fingerprint density at radius 2 is 1.84 bits per heavy atom. The highest BCUT2D eigenvalue weighted by molar-refractivity contribution is 6.06. The topological polar surface area (TPSA) is 50.4 Å². The highest BCUT2D eigenvalue weighted by Gasteiger charge is 2.16. The normalized spacial score (nSPS) is 13.5. The maximum atomic E-state index is 5.81. The summed E-state index contributed by atoms with van der Waals surface area (Å²) >= 11 is 0. The Hall–Kier alpha value is -2.55. The number of fused-ring (bicyclic) bond motifs is 1. The first-order valence-electron chi connectivity index (χ1n) is 6.20. The fourth-order valence-electron chi connectivity index (χ4n) is 2.28. The molecule has 0 radical (unpaired) electrons. The van der Waals surface area contributed by atoms with Gasteiger partial charge in [-0.3, -0.25) is 5.43 Å².